The zero-order valence-corrected chi connectivity index (χ0v) is 6.65. The molecule has 0 spiro atoms. The van der Waals surface area contributed by atoms with Crippen LogP contribution in [-0.2, 0) is 0 Å². The van der Waals surface area contributed by atoms with Crippen molar-refractivity contribution in [1.29, 1.82) is 0 Å². The Morgan fingerprint density at radius 1 is 1.75 bits per heavy atom. The molecule has 0 rings (SSSR count). The van der Waals surface area contributed by atoms with Gasteiger partial charge in [-0.15, -0.1) is 0 Å². The van der Waals surface area contributed by atoms with Crippen molar-refractivity contribution in [3.63, 3.8) is 0 Å². The molecule has 0 bridgehead atoms. The summed E-state index contributed by atoms with van der Waals surface area (Å²) in [6, 6.07) is 0. The van der Waals surface area contributed by atoms with Crippen LogP contribution in [0.25, 0.3) is 0 Å². The van der Waals surface area contributed by atoms with Crippen LogP contribution in [0.5, 0.6) is 0 Å². The van der Waals surface area contributed by atoms with Crippen LogP contribution in [0.4, 0.5) is 0 Å². The minimum atomic E-state index is 0.839. The van der Waals surface area contributed by atoms with Crippen LogP contribution >= 0.6 is 0 Å². The third-order valence-corrected chi connectivity index (χ3v) is 0.758. The fourth-order valence-electron chi connectivity index (χ4n) is 0.310. The van der Waals surface area contributed by atoms with Gasteiger partial charge in [0.2, 0.25) is 0 Å². The quantitative estimate of drug-likeness (QED) is 0.319. The van der Waals surface area contributed by atoms with Gasteiger partial charge in [0.25, 0.3) is 0 Å². The molecule has 0 aliphatic heterocycles. The van der Waals surface area contributed by atoms with Gasteiger partial charge in [0.15, 0.2) is 0 Å². The van der Waals surface area contributed by atoms with E-state index in [1.807, 2.05) is 19.9 Å². The van der Waals surface area contributed by atoms with E-state index >= 15 is 0 Å². The Kier molecular flexibility index (Phi) is 4.54. The Hall–Kier alpha value is -0.381. The van der Waals surface area contributed by atoms with Crippen molar-refractivity contribution in [2.45, 2.75) is 13.8 Å². The molecule has 42 valence electrons. The molecule has 0 amide bonds. The van der Waals surface area contributed by atoms with Gasteiger partial charge in [0.1, 0.15) is 0 Å². The molecular weight excluding hydrogens is 165 g/mol. The van der Waals surface area contributed by atoms with Crippen molar-refractivity contribution < 1.29 is 0 Å². The summed E-state index contributed by atoms with van der Waals surface area (Å²) in [6.45, 7) is 3.77. The molecule has 0 saturated heterocycles. The number of rotatable bonds is 1. The zero-order chi connectivity index (χ0) is 6.41. The van der Waals surface area contributed by atoms with Crippen LogP contribution in [0, 0.1) is 0 Å². The van der Waals surface area contributed by atoms with E-state index in [2.05, 4.69) is 31.0 Å². The van der Waals surface area contributed by atoms with Gasteiger partial charge in [-0.1, -0.05) is 0 Å². The summed E-state index contributed by atoms with van der Waals surface area (Å²) < 4.78 is 2.53. The van der Waals surface area contributed by atoms with E-state index in [1.54, 1.807) is 0 Å². The standard InChI is InChI=1S/C6H7NSe/c1-3-4-6(2)7-5-8/h3H,1-2H3. The van der Waals surface area contributed by atoms with Crippen LogP contribution in [0.1, 0.15) is 13.8 Å². The van der Waals surface area contributed by atoms with Gasteiger partial charge in [0.05, 0.1) is 0 Å². The Morgan fingerprint density at radius 2 is 2.38 bits per heavy atom. The van der Waals surface area contributed by atoms with Gasteiger partial charge >= 0.3 is 56.6 Å². The van der Waals surface area contributed by atoms with Crippen molar-refractivity contribution in [2.24, 2.45) is 4.99 Å². The minimum absolute atomic E-state index is 0.839. The molecule has 0 unspecified atom stereocenters. The molecule has 2 heteroatoms. The number of aliphatic imine (C=N–C) groups is 1. The van der Waals surface area contributed by atoms with Crippen molar-refractivity contribution in [3.8, 4) is 0 Å². The Balaban J connectivity index is 4.23. The molecule has 0 radical (unpaired) electrons. The number of hydrogen-bond donors (Lipinski definition) is 0. The van der Waals surface area contributed by atoms with Gasteiger partial charge in [-0.3, -0.25) is 0 Å². The second kappa shape index (κ2) is 4.77. The Labute approximate surface area is 57.2 Å². The Bertz CT molecular complexity index is 169. The summed E-state index contributed by atoms with van der Waals surface area (Å²) in [6.07, 6.45) is 1.82. The third kappa shape index (κ3) is 3.80. The van der Waals surface area contributed by atoms with Crippen LogP contribution in [-0.4, -0.2) is 20.3 Å². The fourth-order valence-corrected chi connectivity index (χ4v) is 0.597. The van der Waals surface area contributed by atoms with Gasteiger partial charge in [-0.25, -0.2) is 0 Å². The molecule has 0 saturated carbocycles. The predicted molar refractivity (Wildman–Crippen MR) is 36.1 cm³/mol. The fraction of sp³-hybridized carbons (Fsp3) is 0.333. The molecule has 0 aromatic rings. The van der Waals surface area contributed by atoms with E-state index in [1.165, 1.54) is 0 Å². The van der Waals surface area contributed by atoms with E-state index in [0.717, 1.165) is 5.70 Å². The molecule has 0 heterocycles. The van der Waals surface area contributed by atoms with Gasteiger partial charge in [0, 0.05) is 0 Å². The SMILES string of the molecule is CC=C=C(C)N=C=[Se]. The monoisotopic (exact) mass is 173 g/mol. The van der Waals surface area contributed by atoms with Crippen molar-refractivity contribution in [3.05, 3.63) is 17.5 Å². The summed E-state index contributed by atoms with van der Waals surface area (Å²) in [4.78, 5) is 3.78. The second-order valence-corrected chi connectivity index (χ2v) is 1.60. The molecule has 0 aliphatic rings. The zero-order valence-electron chi connectivity index (χ0n) is 4.93. The summed E-state index contributed by atoms with van der Waals surface area (Å²) in [5.74, 6) is 0. The van der Waals surface area contributed by atoms with E-state index in [9.17, 15) is 0 Å². The molecule has 0 aromatic heterocycles. The summed E-state index contributed by atoms with van der Waals surface area (Å²) in [5, 5.41) is 0. The number of nitrogens with zero attached hydrogens (tertiary/aromatic N) is 1. The molecular formula is C6H7NSe. The molecule has 0 atom stereocenters. The maximum absolute atomic E-state index is 3.78. The first kappa shape index (κ1) is 7.62. The van der Waals surface area contributed by atoms with E-state index in [0.29, 0.717) is 0 Å². The van der Waals surface area contributed by atoms with E-state index in [-0.39, 0.29) is 0 Å². The number of hydrogen-bond acceptors (Lipinski definition) is 1. The maximum atomic E-state index is 3.78. The molecule has 8 heavy (non-hydrogen) atoms. The molecule has 0 aliphatic carbocycles. The van der Waals surface area contributed by atoms with E-state index in [4.69, 9.17) is 0 Å². The van der Waals surface area contributed by atoms with Crippen LogP contribution in [0.15, 0.2) is 22.5 Å². The third-order valence-electron chi connectivity index (χ3n) is 0.567. The summed E-state index contributed by atoms with van der Waals surface area (Å²) >= 11 is 2.54. The summed E-state index contributed by atoms with van der Waals surface area (Å²) in [5.41, 5.74) is 3.73. The molecule has 0 fully saturated rings. The first-order valence-corrected chi connectivity index (χ1v) is 3.12. The molecule has 0 N–H and O–H groups in total. The van der Waals surface area contributed by atoms with Crippen molar-refractivity contribution in [2.75, 3.05) is 0 Å². The van der Waals surface area contributed by atoms with E-state index < -0.39 is 0 Å². The second-order valence-electron chi connectivity index (χ2n) is 1.22. The predicted octanol–water partition coefficient (Wildman–Crippen LogP) is 1.14. The first-order chi connectivity index (χ1) is 3.81. The normalized spacial score (nSPS) is 6.25. The van der Waals surface area contributed by atoms with Crippen molar-refractivity contribution >= 4 is 20.3 Å². The Morgan fingerprint density at radius 3 is 2.75 bits per heavy atom. The number of allylic oxidation sites excluding steroid dienone is 1. The average molecular weight is 172 g/mol. The van der Waals surface area contributed by atoms with Crippen molar-refractivity contribution in [1.82, 2.24) is 0 Å². The van der Waals surface area contributed by atoms with Gasteiger partial charge in [-0.2, -0.15) is 0 Å². The molecule has 0 aromatic carbocycles. The summed E-state index contributed by atoms with van der Waals surface area (Å²) in [7, 11) is 0. The van der Waals surface area contributed by atoms with Crippen LogP contribution in [0.3, 0.4) is 0 Å². The van der Waals surface area contributed by atoms with Crippen LogP contribution in [0.2, 0.25) is 0 Å². The topological polar surface area (TPSA) is 12.4 Å². The van der Waals surface area contributed by atoms with Gasteiger partial charge < -0.3 is 0 Å². The van der Waals surface area contributed by atoms with Crippen LogP contribution < -0.4 is 0 Å². The molecule has 1 nitrogen and oxygen atoms in total. The first-order valence-electron chi connectivity index (χ1n) is 2.27. The average Bonchev–Trinajstić information content (AvgIpc) is 1.68. The van der Waals surface area contributed by atoms with Gasteiger partial charge in [-0.05, 0) is 0 Å².